The molecule has 3 rings (SSSR count). The molecule has 1 aromatic carbocycles. The highest BCUT2D eigenvalue weighted by Gasteiger charge is 2.37. The van der Waals surface area contributed by atoms with E-state index in [-0.39, 0.29) is 12.5 Å². The van der Waals surface area contributed by atoms with Crippen molar-refractivity contribution >= 4 is 18.1 Å². The summed E-state index contributed by atoms with van der Waals surface area (Å²) in [5.41, 5.74) is 0.716. The smallest absolute Gasteiger partial charge is 0.419 e. The van der Waals surface area contributed by atoms with Crippen molar-refractivity contribution in [3.8, 4) is 0 Å². The first-order valence-electron chi connectivity index (χ1n) is 9.72. The number of aromatic nitrogens is 2. The third kappa shape index (κ3) is 5.16. The second-order valence-corrected chi connectivity index (χ2v) is 8.19. The molecule has 1 fully saturated rings. The number of imidazole rings is 1. The molecule has 1 aliphatic heterocycles. The molecule has 2 heterocycles. The number of carboxylic acid groups (broad SMARTS) is 1. The van der Waals surface area contributed by atoms with E-state index >= 15 is 0 Å². The molecule has 0 radical (unpaired) electrons. The van der Waals surface area contributed by atoms with Gasteiger partial charge in [-0.25, -0.2) is 23.9 Å². The molecule has 30 heavy (non-hydrogen) atoms. The van der Waals surface area contributed by atoms with E-state index < -0.39 is 23.7 Å². The van der Waals surface area contributed by atoms with E-state index in [1.807, 2.05) is 30.3 Å². The lowest BCUT2D eigenvalue weighted by Crippen LogP contribution is -2.45. The zero-order valence-electron chi connectivity index (χ0n) is 17.3. The summed E-state index contributed by atoms with van der Waals surface area (Å²) in [5.74, 6) is -1.11. The van der Waals surface area contributed by atoms with Crippen LogP contribution < -0.4 is 0 Å². The standard InChI is InChI=1S/C21H26N4O5/c1-21(2,3)30-20(29)24-13-16(22-14-24)11-17(18(26)27)25-10-9-23(19(25)28)12-15-7-5-4-6-8-15/h4-8,13-14,17H,9-12H2,1-3H3,(H,26,27). The number of urea groups is 1. The third-order valence-electron chi connectivity index (χ3n) is 4.65. The number of ether oxygens (including phenoxy) is 1. The number of nitrogens with zero attached hydrogens (tertiary/aromatic N) is 4. The van der Waals surface area contributed by atoms with E-state index in [4.69, 9.17) is 4.74 Å². The van der Waals surface area contributed by atoms with Gasteiger partial charge in [0.15, 0.2) is 0 Å². The van der Waals surface area contributed by atoms with Crippen LogP contribution >= 0.6 is 0 Å². The topological polar surface area (TPSA) is 105 Å². The number of aliphatic carboxylic acids is 1. The van der Waals surface area contributed by atoms with E-state index in [2.05, 4.69) is 4.98 Å². The van der Waals surface area contributed by atoms with Crippen LogP contribution in [-0.2, 0) is 22.5 Å². The van der Waals surface area contributed by atoms with Crippen LogP contribution in [0.25, 0.3) is 0 Å². The van der Waals surface area contributed by atoms with E-state index in [1.54, 1.807) is 25.7 Å². The van der Waals surface area contributed by atoms with Crippen LogP contribution in [-0.4, -0.2) is 67.3 Å². The van der Waals surface area contributed by atoms with Crippen molar-refractivity contribution in [2.24, 2.45) is 0 Å². The Morgan fingerprint density at radius 3 is 2.53 bits per heavy atom. The SMILES string of the molecule is CC(C)(C)OC(=O)n1cnc(CC(C(=O)O)N2CCN(Cc3ccccc3)C2=O)c1. The van der Waals surface area contributed by atoms with Gasteiger partial charge < -0.3 is 19.6 Å². The maximum Gasteiger partial charge on any atom is 0.419 e. The number of hydrogen-bond acceptors (Lipinski definition) is 5. The largest absolute Gasteiger partial charge is 0.480 e. The highest BCUT2D eigenvalue weighted by molar-refractivity contribution is 5.84. The Labute approximate surface area is 174 Å². The van der Waals surface area contributed by atoms with E-state index in [0.29, 0.717) is 25.3 Å². The Morgan fingerprint density at radius 2 is 1.90 bits per heavy atom. The van der Waals surface area contributed by atoms with Crippen molar-refractivity contribution in [2.45, 2.75) is 45.4 Å². The zero-order chi connectivity index (χ0) is 21.9. The maximum absolute atomic E-state index is 12.8. The zero-order valence-corrected chi connectivity index (χ0v) is 17.3. The van der Waals surface area contributed by atoms with Crippen molar-refractivity contribution in [2.75, 3.05) is 13.1 Å². The number of carboxylic acids is 1. The van der Waals surface area contributed by atoms with Gasteiger partial charge in [-0.3, -0.25) is 0 Å². The van der Waals surface area contributed by atoms with Gasteiger partial charge in [0.1, 0.15) is 18.0 Å². The Kier molecular flexibility index (Phi) is 6.09. The van der Waals surface area contributed by atoms with E-state index in [1.165, 1.54) is 22.0 Å². The minimum atomic E-state index is -1.11. The molecule has 0 aliphatic carbocycles. The molecule has 0 spiro atoms. The Hall–Kier alpha value is -3.36. The second kappa shape index (κ2) is 8.56. The molecule has 9 nitrogen and oxygen atoms in total. The maximum atomic E-state index is 12.8. The molecule has 9 heteroatoms. The predicted octanol–water partition coefficient (Wildman–Crippen LogP) is 2.60. The summed E-state index contributed by atoms with van der Waals surface area (Å²) >= 11 is 0. The van der Waals surface area contributed by atoms with Gasteiger partial charge >= 0.3 is 18.1 Å². The normalized spacial score (nSPS) is 15.4. The average Bonchev–Trinajstić information content (AvgIpc) is 3.27. The number of hydrogen-bond donors (Lipinski definition) is 1. The van der Waals surface area contributed by atoms with E-state index in [0.717, 1.165) is 5.56 Å². The van der Waals surface area contributed by atoms with Gasteiger partial charge in [-0.15, -0.1) is 0 Å². The molecule has 0 bridgehead atoms. The van der Waals surface area contributed by atoms with Crippen LogP contribution in [0.3, 0.4) is 0 Å². The lowest BCUT2D eigenvalue weighted by molar-refractivity contribution is -0.142. The van der Waals surface area contributed by atoms with Crippen LogP contribution in [0.5, 0.6) is 0 Å². The number of rotatable bonds is 6. The summed E-state index contributed by atoms with van der Waals surface area (Å²) in [6.45, 7) is 6.45. The lowest BCUT2D eigenvalue weighted by Gasteiger charge is -2.24. The second-order valence-electron chi connectivity index (χ2n) is 8.19. The highest BCUT2D eigenvalue weighted by atomic mass is 16.6. The summed E-state index contributed by atoms with van der Waals surface area (Å²) in [5, 5.41) is 9.72. The van der Waals surface area contributed by atoms with Gasteiger partial charge in [0, 0.05) is 32.3 Å². The summed E-state index contributed by atoms with van der Waals surface area (Å²) in [6.07, 6.45) is 2.12. The van der Waals surface area contributed by atoms with Crippen molar-refractivity contribution in [1.82, 2.24) is 19.4 Å². The van der Waals surface area contributed by atoms with E-state index in [9.17, 15) is 19.5 Å². The minimum Gasteiger partial charge on any atom is -0.480 e. The Morgan fingerprint density at radius 1 is 1.20 bits per heavy atom. The van der Waals surface area contributed by atoms with Crippen LogP contribution in [0.4, 0.5) is 9.59 Å². The van der Waals surface area contributed by atoms with Gasteiger partial charge in [0.05, 0.1) is 5.69 Å². The molecule has 1 unspecified atom stereocenters. The van der Waals surface area contributed by atoms with Gasteiger partial charge in [-0.2, -0.15) is 0 Å². The Balaban J connectivity index is 1.67. The Bertz CT molecular complexity index is 919. The first-order chi connectivity index (χ1) is 14.1. The minimum absolute atomic E-state index is 0.00392. The summed E-state index contributed by atoms with van der Waals surface area (Å²) < 4.78 is 6.45. The van der Waals surface area contributed by atoms with Gasteiger partial charge in [0.25, 0.3) is 0 Å². The molecule has 1 atom stereocenters. The fraction of sp³-hybridized carbons (Fsp3) is 0.429. The number of carbonyl (C=O) groups excluding carboxylic acids is 2. The van der Waals surface area contributed by atoms with Crippen molar-refractivity contribution in [1.29, 1.82) is 0 Å². The van der Waals surface area contributed by atoms with Crippen LogP contribution in [0.1, 0.15) is 32.0 Å². The monoisotopic (exact) mass is 414 g/mol. The molecule has 2 aromatic rings. The van der Waals surface area contributed by atoms with Crippen LogP contribution in [0.15, 0.2) is 42.9 Å². The first-order valence-corrected chi connectivity index (χ1v) is 9.72. The third-order valence-corrected chi connectivity index (χ3v) is 4.65. The van der Waals surface area contributed by atoms with Crippen molar-refractivity contribution in [3.63, 3.8) is 0 Å². The summed E-state index contributed by atoms with van der Waals surface area (Å²) in [6, 6.07) is 8.15. The molecular weight excluding hydrogens is 388 g/mol. The number of benzene rings is 1. The van der Waals surface area contributed by atoms with Crippen molar-refractivity contribution < 1.29 is 24.2 Å². The molecule has 2 amide bonds. The quantitative estimate of drug-likeness (QED) is 0.779. The van der Waals surface area contributed by atoms with Crippen molar-refractivity contribution in [3.05, 3.63) is 54.1 Å². The average molecular weight is 414 g/mol. The highest BCUT2D eigenvalue weighted by Crippen LogP contribution is 2.19. The molecular formula is C21H26N4O5. The molecule has 1 aromatic heterocycles. The van der Waals surface area contributed by atoms with Gasteiger partial charge in [0.2, 0.25) is 0 Å². The number of amides is 2. The molecule has 1 N–H and O–H groups in total. The van der Waals surface area contributed by atoms with Gasteiger partial charge in [-0.05, 0) is 26.3 Å². The summed E-state index contributed by atoms with van der Waals surface area (Å²) in [7, 11) is 0. The molecule has 1 aliphatic rings. The molecule has 0 saturated carbocycles. The van der Waals surface area contributed by atoms with Gasteiger partial charge in [-0.1, -0.05) is 30.3 Å². The van der Waals surface area contributed by atoms with Crippen LogP contribution in [0, 0.1) is 0 Å². The lowest BCUT2D eigenvalue weighted by atomic mass is 10.1. The summed E-state index contributed by atoms with van der Waals surface area (Å²) in [4.78, 5) is 43.9. The molecule has 160 valence electrons. The predicted molar refractivity (Wildman–Crippen MR) is 108 cm³/mol. The fourth-order valence-corrected chi connectivity index (χ4v) is 3.25. The van der Waals surface area contributed by atoms with Crippen LogP contribution in [0.2, 0.25) is 0 Å². The number of carbonyl (C=O) groups is 3. The molecule has 1 saturated heterocycles. The fourth-order valence-electron chi connectivity index (χ4n) is 3.25. The first kappa shape index (κ1) is 21.4.